The summed E-state index contributed by atoms with van der Waals surface area (Å²) >= 11 is 0. The molecular formula is C15H23NO5. The second kappa shape index (κ2) is 5.50. The topological polar surface area (TPSA) is 72.9 Å². The predicted octanol–water partition coefficient (Wildman–Crippen LogP) is 2.07. The van der Waals surface area contributed by atoms with Gasteiger partial charge >= 0.3 is 12.1 Å². The number of likely N-dealkylation sites (tertiary alicyclic amines) is 1. The van der Waals surface area contributed by atoms with E-state index in [1.54, 1.807) is 41.5 Å². The van der Waals surface area contributed by atoms with Gasteiger partial charge in [0.25, 0.3) is 0 Å². The van der Waals surface area contributed by atoms with E-state index in [1.807, 2.05) is 0 Å². The third-order valence-corrected chi connectivity index (χ3v) is 2.57. The normalized spacial score (nSPS) is 19.7. The quantitative estimate of drug-likeness (QED) is 0.547. The molecule has 6 nitrogen and oxygen atoms in total. The number of amides is 1. The summed E-state index contributed by atoms with van der Waals surface area (Å²) in [5.74, 6) is -1.04. The van der Waals surface area contributed by atoms with Crippen molar-refractivity contribution in [2.75, 3.05) is 6.54 Å². The van der Waals surface area contributed by atoms with Gasteiger partial charge in [0.15, 0.2) is 11.8 Å². The summed E-state index contributed by atoms with van der Waals surface area (Å²) < 4.78 is 10.5. The van der Waals surface area contributed by atoms with Gasteiger partial charge in [-0.1, -0.05) is 6.58 Å². The van der Waals surface area contributed by atoms with Gasteiger partial charge in [-0.15, -0.1) is 0 Å². The molecule has 1 aliphatic heterocycles. The van der Waals surface area contributed by atoms with Gasteiger partial charge in [-0.05, 0) is 41.5 Å². The highest BCUT2D eigenvalue weighted by atomic mass is 16.6. The van der Waals surface area contributed by atoms with Crippen LogP contribution in [0.4, 0.5) is 4.79 Å². The first kappa shape index (κ1) is 17.2. The maximum Gasteiger partial charge on any atom is 0.411 e. The maximum absolute atomic E-state index is 12.2. The van der Waals surface area contributed by atoms with Crippen molar-refractivity contribution >= 4 is 17.8 Å². The zero-order valence-corrected chi connectivity index (χ0v) is 13.5. The van der Waals surface area contributed by atoms with Crippen LogP contribution in [0.3, 0.4) is 0 Å². The minimum Gasteiger partial charge on any atom is -0.458 e. The first-order chi connectivity index (χ1) is 9.32. The van der Waals surface area contributed by atoms with Crippen LogP contribution in [-0.4, -0.2) is 46.5 Å². The van der Waals surface area contributed by atoms with E-state index in [0.717, 1.165) is 4.90 Å². The minimum absolute atomic E-state index is 0.0510. The van der Waals surface area contributed by atoms with E-state index in [0.29, 0.717) is 0 Å². The molecule has 118 valence electrons. The lowest BCUT2D eigenvalue weighted by Crippen LogP contribution is -2.46. The van der Waals surface area contributed by atoms with E-state index in [-0.39, 0.29) is 17.9 Å². The molecule has 1 heterocycles. The summed E-state index contributed by atoms with van der Waals surface area (Å²) in [5.41, 5.74) is -1.39. The summed E-state index contributed by atoms with van der Waals surface area (Å²) in [6.45, 7) is 13.6. The number of rotatable bonds is 1. The predicted molar refractivity (Wildman–Crippen MR) is 76.7 cm³/mol. The number of Topliss-reactive ketones (excluding diaryl/α,β-unsaturated/α-hetero) is 1. The first-order valence-electron chi connectivity index (χ1n) is 6.76. The highest BCUT2D eigenvalue weighted by Crippen LogP contribution is 2.25. The number of nitrogens with zero attached hydrogens (tertiary/aromatic N) is 1. The van der Waals surface area contributed by atoms with Crippen molar-refractivity contribution < 1.29 is 23.9 Å². The average molecular weight is 297 g/mol. The Morgan fingerprint density at radius 3 is 2.00 bits per heavy atom. The van der Waals surface area contributed by atoms with Gasteiger partial charge in [-0.2, -0.15) is 0 Å². The van der Waals surface area contributed by atoms with Crippen molar-refractivity contribution in [2.24, 2.45) is 0 Å². The Balaban J connectivity index is 2.97. The van der Waals surface area contributed by atoms with Crippen molar-refractivity contribution in [3.8, 4) is 0 Å². The zero-order chi connectivity index (χ0) is 16.6. The molecule has 21 heavy (non-hydrogen) atoms. The van der Waals surface area contributed by atoms with Crippen LogP contribution in [-0.2, 0) is 19.1 Å². The number of hydrogen-bond donors (Lipinski definition) is 0. The van der Waals surface area contributed by atoms with Crippen LogP contribution in [0.25, 0.3) is 0 Å². The van der Waals surface area contributed by atoms with Crippen LogP contribution in [0.5, 0.6) is 0 Å². The number of ketones is 1. The van der Waals surface area contributed by atoms with E-state index < -0.39 is 29.3 Å². The lowest BCUT2D eigenvalue weighted by molar-refractivity contribution is -0.158. The first-order valence-corrected chi connectivity index (χ1v) is 6.76. The molecule has 0 aliphatic carbocycles. The molecule has 1 saturated heterocycles. The molecule has 0 bridgehead atoms. The molecule has 0 saturated carbocycles. The molecule has 6 heteroatoms. The lowest BCUT2D eigenvalue weighted by Gasteiger charge is -2.29. The Labute approximate surface area is 125 Å². The van der Waals surface area contributed by atoms with Crippen LogP contribution in [0, 0.1) is 0 Å². The smallest absolute Gasteiger partial charge is 0.411 e. The Bertz CT molecular complexity index is 481. The molecule has 1 rings (SSSR count). The number of carbonyl (C=O) groups is 3. The van der Waals surface area contributed by atoms with Crippen LogP contribution >= 0.6 is 0 Å². The molecule has 0 aromatic heterocycles. The molecule has 0 spiro atoms. The molecule has 0 aromatic rings. The van der Waals surface area contributed by atoms with Gasteiger partial charge in [-0.25, -0.2) is 9.59 Å². The zero-order valence-electron chi connectivity index (χ0n) is 13.5. The summed E-state index contributed by atoms with van der Waals surface area (Å²) in [6.07, 6.45) is -0.731. The fraction of sp³-hybridized carbons (Fsp3) is 0.667. The van der Waals surface area contributed by atoms with Crippen molar-refractivity contribution in [1.82, 2.24) is 4.90 Å². The van der Waals surface area contributed by atoms with E-state index in [4.69, 9.17) is 9.47 Å². The van der Waals surface area contributed by atoms with E-state index in [9.17, 15) is 14.4 Å². The highest BCUT2D eigenvalue weighted by Gasteiger charge is 2.45. The van der Waals surface area contributed by atoms with E-state index in [2.05, 4.69) is 6.58 Å². The summed E-state index contributed by atoms with van der Waals surface area (Å²) in [6, 6.07) is -1.12. The standard InChI is InChI=1S/C15H23NO5/c1-9-10(17)8-16(13(19)21-15(5,6)7)11(9)12(18)20-14(2,3)4/h11H,1,8H2,2-7H3/t11-/m0/s1. The number of esters is 1. The van der Waals surface area contributed by atoms with Crippen LogP contribution in [0.15, 0.2) is 12.2 Å². The monoisotopic (exact) mass is 297 g/mol. The Morgan fingerprint density at radius 2 is 1.57 bits per heavy atom. The SMILES string of the molecule is C=C1C(=O)CN(C(=O)OC(C)(C)C)[C@@H]1C(=O)OC(C)(C)C. The lowest BCUT2D eigenvalue weighted by atomic mass is 10.1. The van der Waals surface area contributed by atoms with Crippen molar-refractivity contribution in [1.29, 1.82) is 0 Å². The number of ether oxygens (including phenoxy) is 2. The molecule has 1 aliphatic rings. The summed E-state index contributed by atoms with van der Waals surface area (Å²) in [4.78, 5) is 37.2. The Kier molecular flexibility index (Phi) is 4.51. The molecule has 1 fully saturated rings. The molecule has 0 unspecified atom stereocenters. The van der Waals surface area contributed by atoms with E-state index >= 15 is 0 Å². The van der Waals surface area contributed by atoms with Gasteiger partial charge in [0.2, 0.25) is 0 Å². The molecule has 0 radical (unpaired) electrons. The largest absolute Gasteiger partial charge is 0.458 e. The van der Waals surface area contributed by atoms with Crippen LogP contribution in [0.1, 0.15) is 41.5 Å². The average Bonchev–Trinajstić information content (AvgIpc) is 2.50. The third-order valence-electron chi connectivity index (χ3n) is 2.57. The van der Waals surface area contributed by atoms with Gasteiger partial charge in [-0.3, -0.25) is 9.69 Å². The number of hydrogen-bond acceptors (Lipinski definition) is 5. The molecule has 1 amide bonds. The van der Waals surface area contributed by atoms with Crippen LogP contribution < -0.4 is 0 Å². The summed E-state index contributed by atoms with van der Waals surface area (Å²) in [7, 11) is 0. The van der Waals surface area contributed by atoms with Crippen molar-refractivity contribution in [3.63, 3.8) is 0 Å². The van der Waals surface area contributed by atoms with Gasteiger partial charge in [0.05, 0.1) is 6.54 Å². The van der Waals surface area contributed by atoms with E-state index in [1.165, 1.54) is 0 Å². The highest BCUT2D eigenvalue weighted by molar-refractivity contribution is 6.08. The molecule has 1 atom stereocenters. The number of carbonyl (C=O) groups excluding carboxylic acids is 3. The Hall–Kier alpha value is -1.85. The fourth-order valence-electron chi connectivity index (χ4n) is 1.81. The van der Waals surface area contributed by atoms with Gasteiger partial charge in [0.1, 0.15) is 11.2 Å². The minimum atomic E-state index is -1.12. The Morgan fingerprint density at radius 1 is 1.10 bits per heavy atom. The molecule has 0 N–H and O–H groups in total. The summed E-state index contributed by atoms with van der Waals surface area (Å²) in [5, 5.41) is 0. The van der Waals surface area contributed by atoms with Crippen molar-refractivity contribution in [2.45, 2.75) is 58.8 Å². The molecule has 0 aromatic carbocycles. The molecular weight excluding hydrogens is 274 g/mol. The second-order valence-electron chi connectivity index (χ2n) is 6.99. The van der Waals surface area contributed by atoms with Gasteiger partial charge in [0, 0.05) is 5.57 Å². The third kappa shape index (κ3) is 4.58. The van der Waals surface area contributed by atoms with Gasteiger partial charge < -0.3 is 9.47 Å². The maximum atomic E-state index is 12.2. The second-order valence-corrected chi connectivity index (χ2v) is 6.99. The van der Waals surface area contributed by atoms with Crippen LogP contribution in [0.2, 0.25) is 0 Å². The fourth-order valence-corrected chi connectivity index (χ4v) is 1.81. The van der Waals surface area contributed by atoms with Crippen molar-refractivity contribution in [3.05, 3.63) is 12.2 Å².